The maximum atomic E-state index is 13.1. The molecule has 6 nitrogen and oxygen atoms in total. The van der Waals surface area contributed by atoms with Crippen LogP contribution in [-0.2, 0) is 14.6 Å². The molecule has 4 rings (SSSR count). The minimum Gasteiger partial charge on any atom is -0.454 e. The summed E-state index contributed by atoms with van der Waals surface area (Å²) in [5.41, 5.74) is 0.578. The number of nitrogens with one attached hydrogen (secondary N) is 1. The molecule has 1 N–H and O–H groups in total. The normalized spacial score (nSPS) is 17.3. The summed E-state index contributed by atoms with van der Waals surface area (Å²) in [4.78, 5) is 12.0. The quantitative estimate of drug-likeness (QED) is 0.834. The van der Waals surface area contributed by atoms with Crippen molar-refractivity contribution in [3.8, 4) is 11.5 Å². The molecule has 25 heavy (non-hydrogen) atoms. The minimum absolute atomic E-state index is 0.0295. The van der Waals surface area contributed by atoms with Gasteiger partial charge in [-0.15, -0.1) is 11.3 Å². The van der Waals surface area contributed by atoms with Crippen molar-refractivity contribution in [3.05, 3.63) is 41.3 Å². The number of rotatable bonds is 6. The third-order valence-electron chi connectivity index (χ3n) is 4.33. The van der Waals surface area contributed by atoms with Crippen molar-refractivity contribution in [2.45, 2.75) is 22.3 Å². The summed E-state index contributed by atoms with van der Waals surface area (Å²) in [6.07, 6.45) is 1.75. The average molecular weight is 379 g/mol. The number of carbonyl (C=O) groups is 1. The van der Waals surface area contributed by atoms with Crippen molar-refractivity contribution in [2.75, 3.05) is 13.3 Å². The van der Waals surface area contributed by atoms with E-state index in [4.69, 9.17) is 9.47 Å². The van der Waals surface area contributed by atoms with Crippen LogP contribution in [0, 0.1) is 5.92 Å². The van der Waals surface area contributed by atoms with Crippen molar-refractivity contribution in [1.82, 2.24) is 5.32 Å². The molecule has 1 amide bonds. The number of carbonyl (C=O) groups excluding carboxylic acids is 1. The van der Waals surface area contributed by atoms with Crippen molar-refractivity contribution in [3.63, 3.8) is 0 Å². The molecule has 132 valence electrons. The van der Waals surface area contributed by atoms with E-state index in [9.17, 15) is 13.2 Å². The van der Waals surface area contributed by atoms with Crippen LogP contribution < -0.4 is 14.8 Å². The molecule has 1 atom stereocenters. The van der Waals surface area contributed by atoms with Gasteiger partial charge in [-0.1, -0.05) is 12.1 Å². The van der Waals surface area contributed by atoms with Crippen molar-refractivity contribution >= 4 is 27.1 Å². The summed E-state index contributed by atoms with van der Waals surface area (Å²) < 4.78 is 37.1. The second-order valence-electron chi connectivity index (χ2n) is 6.10. The first kappa shape index (κ1) is 16.4. The molecule has 0 unspecified atom stereocenters. The van der Waals surface area contributed by atoms with Gasteiger partial charge in [0.15, 0.2) is 21.3 Å². The van der Waals surface area contributed by atoms with Crippen LogP contribution in [0.15, 0.2) is 39.9 Å². The van der Waals surface area contributed by atoms with Crippen LogP contribution in [0.3, 0.4) is 0 Å². The Morgan fingerprint density at radius 3 is 2.76 bits per heavy atom. The molecule has 2 heterocycles. The van der Waals surface area contributed by atoms with Gasteiger partial charge in [-0.25, -0.2) is 8.42 Å². The standard InChI is InChI=1S/C17H17NO5S2/c19-17(11-3-4-11)18-9-15(25(20,21)16-2-1-7-24-16)12-5-6-13-14(8-12)23-10-22-13/h1-2,5-8,11,15H,3-4,9-10H2,(H,18,19)/t15-/m1/s1. The second kappa shape index (κ2) is 6.34. The van der Waals surface area contributed by atoms with Gasteiger partial charge >= 0.3 is 0 Å². The zero-order valence-corrected chi connectivity index (χ0v) is 14.9. The van der Waals surface area contributed by atoms with Crippen LogP contribution in [0.2, 0.25) is 0 Å². The van der Waals surface area contributed by atoms with Crippen LogP contribution in [0.1, 0.15) is 23.7 Å². The Balaban J connectivity index is 1.66. The van der Waals surface area contributed by atoms with E-state index in [2.05, 4.69) is 5.32 Å². The topological polar surface area (TPSA) is 81.7 Å². The Bertz CT molecular complexity index is 888. The van der Waals surface area contributed by atoms with Gasteiger partial charge in [-0.05, 0) is 42.0 Å². The zero-order chi connectivity index (χ0) is 17.4. The lowest BCUT2D eigenvalue weighted by Gasteiger charge is -2.18. The summed E-state index contributed by atoms with van der Waals surface area (Å²) in [5.74, 6) is 1.07. The lowest BCUT2D eigenvalue weighted by atomic mass is 10.1. The van der Waals surface area contributed by atoms with E-state index in [1.807, 2.05) is 0 Å². The Morgan fingerprint density at radius 2 is 2.04 bits per heavy atom. The van der Waals surface area contributed by atoms with Gasteiger partial charge < -0.3 is 14.8 Å². The molecule has 0 bridgehead atoms. The molecule has 1 aromatic carbocycles. The third-order valence-corrected chi connectivity index (χ3v) is 7.86. The van der Waals surface area contributed by atoms with Gasteiger partial charge in [0.1, 0.15) is 9.46 Å². The number of benzene rings is 1. The molecule has 1 saturated carbocycles. The highest BCUT2D eigenvalue weighted by molar-refractivity contribution is 7.93. The molecule has 1 aliphatic heterocycles. The van der Waals surface area contributed by atoms with E-state index in [1.54, 1.807) is 35.7 Å². The predicted molar refractivity (Wildman–Crippen MR) is 92.5 cm³/mol. The van der Waals surface area contributed by atoms with Crippen molar-refractivity contribution < 1.29 is 22.7 Å². The van der Waals surface area contributed by atoms with E-state index in [0.29, 0.717) is 17.1 Å². The predicted octanol–water partition coefficient (Wildman–Crippen LogP) is 2.52. The van der Waals surface area contributed by atoms with Crippen molar-refractivity contribution in [1.29, 1.82) is 0 Å². The van der Waals surface area contributed by atoms with E-state index in [-0.39, 0.29) is 29.4 Å². The number of hydrogen-bond donors (Lipinski definition) is 1. The SMILES string of the molecule is O=C(NC[C@H](c1ccc2c(c1)OCO2)S(=O)(=O)c1cccs1)C1CC1. The first-order valence-electron chi connectivity index (χ1n) is 8.00. The molecule has 8 heteroatoms. The van der Waals surface area contributed by atoms with E-state index in [0.717, 1.165) is 12.8 Å². The smallest absolute Gasteiger partial charge is 0.231 e. The highest BCUT2D eigenvalue weighted by Crippen LogP contribution is 2.38. The zero-order valence-electron chi connectivity index (χ0n) is 13.3. The molecule has 0 spiro atoms. The van der Waals surface area contributed by atoms with Crippen LogP contribution in [0.4, 0.5) is 0 Å². The molecule has 1 aliphatic carbocycles. The number of amides is 1. The molecule has 2 aliphatic rings. The summed E-state index contributed by atoms with van der Waals surface area (Å²) in [5, 5.41) is 3.65. The monoisotopic (exact) mass is 379 g/mol. The third kappa shape index (κ3) is 3.23. The van der Waals surface area contributed by atoms with E-state index >= 15 is 0 Å². The fourth-order valence-electron chi connectivity index (χ4n) is 2.77. The minimum atomic E-state index is -3.62. The van der Waals surface area contributed by atoms with Crippen LogP contribution in [-0.4, -0.2) is 27.7 Å². The highest BCUT2D eigenvalue weighted by atomic mass is 32.2. The first-order chi connectivity index (χ1) is 12.1. The number of sulfone groups is 1. The van der Waals surface area contributed by atoms with Crippen LogP contribution in [0.5, 0.6) is 11.5 Å². The van der Waals surface area contributed by atoms with E-state index in [1.165, 1.54) is 11.3 Å². The number of ether oxygens (including phenoxy) is 2. The Kier molecular flexibility index (Phi) is 4.16. The molecular weight excluding hydrogens is 362 g/mol. The Labute approximate surface area is 149 Å². The largest absolute Gasteiger partial charge is 0.454 e. The molecule has 0 radical (unpaired) electrons. The van der Waals surface area contributed by atoms with Crippen molar-refractivity contribution in [2.24, 2.45) is 5.92 Å². The van der Waals surface area contributed by atoms with Gasteiger partial charge in [0.25, 0.3) is 0 Å². The number of hydrogen-bond acceptors (Lipinski definition) is 6. The summed E-state index contributed by atoms with van der Waals surface area (Å²) in [7, 11) is -3.62. The lowest BCUT2D eigenvalue weighted by Crippen LogP contribution is -2.32. The first-order valence-corrected chi connectivity index (χ1v) is 10.4. The Hall–Kier alpha value is -2.06. The maximum absolute atomic E-state index is 13.1. The van der Waals surface area contributed by atoms with Gasteiger partial charge in [0.2, 0.25) is 12.7 Å². The van der Waals surface area contributed by atoms with Crippen LogP contribution >= 0.6 is 11.3 Å². The molecule has 0 saturated heterocycles. The van der Waals surface area contributed by atoms with Gasteiger partial charge in [-0.3, -0.25) is 4.79 Å². The molecule has 1 fully saturated rings. The molecular formula is C17H17NO5S2. The van der Waals surface area contributed by atoms with Gasteiger partial charge in [0.05, 0.1) is 0 Å². The molecule has 1 aromatic heterocycles. The number of thiophene rings is 1. The highest BCUT2D eigenvalue weighted by Gasteiger charge is 2.34. The summed E-state index contributed by atoms with van der Waals surface area (Å²) in [6.45, 7) is 0.161. The van der Waals surface area contributed by atoms with Crippen LogP contribution in [0.25, 0.3) is 0 Å². The average Bonchev–Trinajstić information content (AvgIpc) is 3.10. The summed E-state index contributed by atoms with van der Waals surface area (Å²) in [6, 6.07) is 8.39. The molecule has 2 aromatic rings. The Morgan fingerprint density at radius 1 is 1.24 bits per heavy atom. The summed E-state index contributed by atoms with van der Waals surface area (Å²) >= 11 is 1.17. The van der Waals surface area contributed by atoms with Gasteiger partial charge in [0, 0.05) is 12.5 Å². The fraction of sp³-hybridized carbons (Fsp3) is 0.353. The van der Waals surface area contributed by atoms with E-state index < -0.39 is 15.1 Å². The second-order valence-corrected chi connectivity index (χ2v) is 9.40. The lowest BCUT2D eigenvalue weighted by molar-refractivity contribution is -0.122. The maximum Gasteiger partial charge on any atom is 0.231 e. The number of fused-ring (bicyclic) bond motifs is 1. The fourth-order valence-corrected chi connectivity index (χ4v) is 5.63. The van der Waals surface area contributed by atoms with Gasteiger partial charge in [-0.2, -0.15) is 0 Å².